The van der Waals surface area contributed by atoms with Gasteiger partial charge < -0.3 is 4.57 Å². The standard InChI is InChI=1S/C18H21ClN4O2/c1-4-9-21-11-20-16-15(21)17(24)22(10-12(2)3)18(25)23(16)14-7-5-13(19)6-8-14/h5-8,11-12H,4,9-10H2,1-3H3. The number of hydrogen-bond donors (Lipinski definition) is 0. The van der Waals surface area contributed by atoms with Gasteiger partial charge in [-0.2, -0.15) is 0 Å². The first-order chi connectivity index (χ1) is 11.9. The number of benzene rings is 1. The van der Waals surface area contributed by atoms with Gasteiger partial charge in [0.05, 0.1) is 12.0 Å². The molecule has 132 valence electrons. The molecule has 0 spiro atoms. The Labute approximate surface area is 150 Å². The zero-order chi connectivity index (χ0) is 18.1. The second-order valence-corrected chi connectivity index (χ2v) is 6.95. The van der Waals surface area contributed by atoms with E-state index in [1.165, 1.54) is 9.13 Å². The average molecular weight is 361 g/mol. The molecule has 25 heavy (non-hydrogen) atoms. The number of nitrogens with zero attached hydrogens (tertiary/aromatic N) is 4. The summed E-state index contributed by atoms with van der Waals surface area (Å²) in [5, 5.41) is 0.583. The van der Waals surface area contributed by atoms with Crippen molar-refractivity contribution in [3.05, 3.63) is 56.5 Å². The van der Waals surface area contributed by atoms with Gasteiger partial charge >= 0.3 is 5.69 Å². The second-order valence-electron chi connectivity index (χ2n) is 6.51. The molecule has 0 N–H and O–H groups in total. The van der Waals surface area contributed by atoms with Crippen LogP contribution in [0.3, 0.4) is 0 Å². The average Bonchev–Trinajstić information content (AvgIpc) is 2.97. The van der Waals surface area contributed by atoms with Gasteiger partial charge in [0.25, 0.3) is 5.56 Å². The summed E-state index contributed by atoms with van der Waals surface area (Å²) in [5.41, 5.74) is 0.807. The van der Waals surface area contributed by atoms with E-state index >= 15 is 0 Å². The molecule has 7 heteroatoms. The lowest BCUT2D eigenvalue weighted by molar-refractivity contribution is 0.488. The number of rotatable bonds is 5. The third-order valence-electron chi connectivity index (χ3n) is 4.00. The van der Waals surface area contributed by atoms with Crippen LogP contribution in [0.25, 0.3) is 16.9 Å². The highest BCUT2D eigenvalue weighted by molar-refractivity contribution is 6.30. The summed E-state index contributed by atoms with van der Waals surface area (Å²) >= 11 is 5.97. The van der Waals surface area contributed by atoms with E-state index in [1.807, 2.05) is 25.3 Å². The maximum absolute atomic E-state index is 13.0. The van der Waals surface area contributed by atoms with Gasteiger partial charge in [-0.05, 0) is 36.6 Å². The van der Waals surface area contributed by atoms with E-state index in [0.717, 1.165) is 6.42 Å². The summed E-state index contributed by atoms with van der Waals surface area (Å²) in [6, 6.07) is 6.95. The van der Waals surface area contributed by atoms with Crippen molar-refractivity contribution in [2.75, 3.05) is 0 Å². The fraction of sp³-hybridized carbons (Fsp3) is 0.389. The van der Waals surface area contributed by atoms with Crippen molar-refractivity contribution in [2.45, 2.75) is 40.3 Å². The van der Waals surface area contributed by atoms with Crippen LogP contribution < -0.4 is 11.2 Å². The van der Waals surface area contributed by atoms with Crippen LogP contribution in [0.4, 0.5) is 0 Å². The smallest absolute Gasteiger partial charge is 0.325 e. The molecule has 0 atom stereocenters. The summed E-state index contributed by atoms with van der Waals surface area (Å²) in [5.74, 6) is 0.170. The first-order valence-corrected chi connectivity index (χ1v) is 8.78. The van der Waals surface area contributed by atoms with Crippen molar-refractivity contribution in [2.24, 2.45) is 5.92 Å². The van der Waals surface area contributed by atoms with Crippen LogP contribution in [0.2, 0.25) is 5.02 Å². The Morgan fingerprint density at radius 2 is 1.84 bits per heavy atom. The minimum atomic E-state index is -0.379. The molecular weight excluding hydrogens is 340 g/mol. The maximum atomic E-state index is 13.0. The van der Waals surface area contributed by atoms with Crippen LogP contribution >= 0.6 is 11.6 Å². The quantitative estimate of drug-likeness (QED) is 0.702. The molecule has 0 bridgehead atoms. The van der Waals surface area contributed by atoms with E-state index < -0.39 is 0 Å². The molecule has 0 aliphatic rings. The summed E-state index contributed by atoms with van der Waals surface area (Å²) in [7, 11) is 0. The molecule has 0 unspecified atom stereocenters. The van der Waals surface area contributed by atoms with Crippen molar-refractivity contribution >= 4 is 22.8 Å². The molecule has 1 aromatic carbocycles. The van der Waals surface area contributed by atoms with Gasteiger partial charge in [0.2, 0.25) is 0 Å². The van der Waals surface area contributed by atoms with Gasteiger partial charge in [-0.1, -0.05) is 32.4 Å². The largest absolute Gasteiger partial charge is 0.337 e. The van der Waals surface area contributed by atoms with E-state index in [-0.39, 0.29) is 17.2 Å². The molecule has 0 aliphatic heterocycles. The van der Waals surface area contributed by atoms with Crippen molar-refractivity contribution in [1.29, 1.82) is 0 Å². The summed E-state index contributed by atoms with van der Waals surface area (Å²) in [6.45, 7) is 7.02. The van der Waals surface area contributed by atoms with Gasteiger partial charge in [-0.3, -0.25) is 9.36 Å². The van der Waals surface area contributed by atoms with Gasteiger partial charge in [-0.25, -0.2) is 14.3 Å². The van der Waals surface area contributed by atoms with E-state index in [4.69, 9.17) is 11.6 Å². The molecule has 0 radical (unpaired) electrons. The fourth-order valence-corrected chi connectivity index (χ4v) is 3.07. The van der Waals surface area contributed by atoms with Crippen LogP contribution in [0.15, 0.2) is 40.2 Å². The molecule has 0 saturated heterocycles. The monoisotopic (exact) mass is 360 g/mol. The third kappa shape index (κ3) is 3.14. The van der Waals surface area contributed by atoms with E-state index in [2.05, 4.69) is 4.98 Å². The number of halogens is 1. The summed E-state index contributed by atoms with van der Waals surface area (Å²) in [4.78, 5) is 30.3. The zero-order valence-electron chi connectivity index (χ0n) is 14.6. The number of imidazole rings is 1. The molecule has 2 aromatic heterocycles. The SMILES string of the molecule is CCCn1cnc2c1c(=O)n(CC(C)C)c(=O)n2-c1ccc(Cl)cc1. The van der Waals surface area contributed by atoms with Gasteiger partial charge in [-0.15, -0.1) is 0 Å². The summed E-state index contributed by atoms with van der Waals surface area (Å²) in [6.07, 6.45) is 2.50. The predicted octanol–water partition coefficient (Wildman–Crippen LogP) is 3.07. The van der Waals surface area contributed by atoms with Crippen LogP contribution in [-0.4, -0.2) is 18.7 Å². The van der Waals surface area contributed by atoms with E-state index in [9.17, 15) is 9.59 Å². The molecule has 0 amide bonds. The highest BCUT2D eigenvalue weighted by atomic mass is 35.5. The van der Waals surface area contributed by atoms with E-state index in [1.54, 1.807) is 30.6 Å². The Hall–Kier alpha value is -2.34. The number of aryl methyl sites for hydroxylation is 1. The van der Waals surface area contributed by atoms with Gasteiger partial charge in [0.15, 0.2) is 11.2 Å². The van der Waals surface area contributed by atoms with Gasteiger partial charge in [0, 0.05) is 18.1 Å². The topological polar surface area (TPSA) is 61.8 Å². The molecule has 2 heterocycles. The minimum absolute atomic E-state index is 0.170. The lowest BCUT2D eigenvalue weighted by Crippen LogP contribution is -2.41. The normalized spacial score (nSPS) is 11.6. The maximum Gasteiger partial charge on any atom is 0.337 e. The van der Waals surface area contributed by atoms with Crippen LogP contribution in [0.1, 0.15) is 27.2 Å². The summed E-state index contributed by atoms with van der Waals surface area (Å²) < 4.78 is 4.61. The highest BCUT2D eigenvalue weighted by Gasteiger charge is 2.19. The van der Waals surface area contributed by atoms with Gasteiger partial charge in [0.1, 0.15) is 0 Å². The lowest BCUT2D eigenvalue weighted by atomic mass is 10.2. The minimum Gasteiger partial charge on any atom is -0.325 e. The molecule has 0 saturated carbocycles. The molecule has 3 aromatic rings. The van der Waals surface area contributed by atoms with Crippen molar-refractivity contribution in [3.63, 3.8) is 0 Å². The van der Waals surface area contributed by atoms with Crippen molar-refractivity contribution in [1.82, 2.24) is 18.7 Å². The Bertz CT molecular complexity index is 1010. The Morgan fingerprint density at radius 1 is 1.16 bits per heavy atom. The highest BCUT2D eigenvalue weighted by Crippen LogP contribution is 2.16. The Kier molecular flexibility index (Phi) is 4.81. The number of hydrogen-bond acceptors (Lipinski definition) is 3. The molecule has 0 fully saturated rings. The molecule has 0 aliphatic carbocycles. The Balaban J connectivity index is 2.40. The van der Waals surface area contributed by atoms with Crippen LogP contribution in [0, 0.1) is 5.92 Å². The van der Waals surface area contributed by atoms with E-state index in [0.29, 0.717) is 35.0 Å². The Morgan fingerprint density at radius 3 is 2.44 bits per heavy atom. The second kappa shape index (κ2) is 6.88. The van der Waals surface area contributed by atoms with Crippen LogP contribution in [0.5, 0.6) is 0 Å². The first-order valence-electron chi connectivity index (χ1n) is 8.40. The number of aromatic nitrogens is 4. The lowest BCUT2D eigenvalue weighted by Gasteiger charge is -2.14. The third-order valence-corrected chi connectivity index (χ3v) is 4.25. The van der Waals surface area contributed by atoms with Crippen molar-refractivity contribution in [3.8, 4) is 5.69 Å². The molecule has 3 rings (SSSR count). The predicted molar refractivity (Wildman–Crippen MR) is 99.7 cm³/mol. The zero-order valence-corrected chi connectivity index (χ0v) is 15.3. The van der Waals surface area contributed by atoms with Crippen LogP contribution in [-0.2, 0) is 13.1 Å². The number of fused-ring (bicyclic) bond motifs is 1. The molecular formula is C18H21ClN4O2. The molecule has 6 nitrogen and oxygen atoms in total. The fourth-order valence-electron chi connectivity index (χ4n) is 2.94. The first kappa shape index (κ1) is 17.5. The van der Waals surface area contributed by atoms with Crippen molar-refractivity contribution < 1.29 is 0 Å².